The summed E-state index contributed by atoms with van der Waals surface area (Å²) in [7, 11) is 0. The van der Waals surface area contributed by atoms with Gasteiger partial charge in [-0.3, -0.25) is 0 Å². The molecule has 2 aromatic rings. The average molecular weight is 298 g/mol. The Morgan fingerprint density at radius 1 is 1.05 bits per heavy atom. The molecule has 0 aliphatic carbocycles. The van der Waals surface area contributed by atoms with E-state index in [9.17, 15) is 0 Å². The van der Waals surface area contributed by atoms with E-state index in [2.05, 4.69) is 27.8 Å². The zero-order valence-corrected chi connectivity index (χ0v) is 12.6. The first-order chi connectivity index (χ1) is 10.4. The fourth-order valence-corrected chi connectivity index (χ4v) is 3.95. The van der Waals surface area contributed by atoms with Crippen molar-refractivity contribution in [3.63, 3.8) is 0 Å². The summed E-state index contributed by atoms with van der Waals surface area (Å²) in [6.07, 6.45) is 4.32. The molecule has 0 spiro atoms. The lowest BCUT2D eigenvalue weighted by molar-refractivity contribution is 0.442. The summed E-state index contributed by atoms with van der Waals surface area (Å²) < 4.78 is 9.48. The lowest BCUT2D eigenvalue weighted by Gasteiger charge is -2.41. The van der Waals surface area contributed by atoms with Gasteiger partial charge in [0.15, 0.2) is 0 Å². The molecule has 1 N–H and O–H groups in total. The number of piperidine rings is 1. The third-order valence-corrected chi connectivity index (χ3v) is 4.96. The van der Waals surface area contributed by atoms with Crippen molar-refractivity contribution in [1.29, 1.82) is 0 Å². The summed E-state index contributed by atoms with van der Waals surface area (Å²) in [6.45, 7) is 1.14. The Morgan fingerprint density at radius 2 is 1.95 bits per heavy atom. The highest BCUT2D eigenvalue weighted by Gasteiger charge is 2.28. The minimum atomic E-state index is 0.483. The first-order valence-electron chi connectivity index (χ1n) is 7.46. The molecule has 2 heterocycles. The number of ether oxygens (including phenoxy) is 1. The van der Waals surface area contributed by atoms with E-state index in [-0.39, 0.29) is 0 Å². The fraction of sp³-hybridized carbons (Fsp3) is 0.294. The summed E-state index contributed by atoms with van der Waals surface area (Å²) in [5.41, 5.74) is 1.34. The van der Waals surface area contributed by atoms with Crippen LogP contribution in [0.2, 0.25) is 0 Å². The molecule has 1 atom stereocenters. The summed E-state index contributed by atoms with van der Waals surface area (Å²) in [5, 5.41) is 0. The van der Waals surface area contributed by atoms with Crippen molar-refractivity contribution in [2.45, 2.75) is 30.3 Å². The van der Waals surface area contributed by atoms with Gasteiger partial charge in [0.1, 0.15) is 11.5 Å². The van der Waals surface area contributed by atoms with E-state index in [1.807, 2.05) is 30.3 Å². The predicted octanol–water partition coefficient (Wildman–Crippen LogP) is 4.41. The maximum atomic E-state index is 5.92. The quantitative estimate of drug-likeness (QED) is 0.830. The topological polar surface area (TPSA) is 24.5 Å². The van der Waals surface area contributed by atoms with Crippen molar-refractivity contribution in [1.82, 2.24) is 4.72 Å². The van der Waals surface area contributed by atoms with Crippen LogP contribution in [-0.4, -0.2) is 12.7 Å². The second-order valence-corrected chi connectivity index (χ2v) is 6.35. The van der Waals surface area contributed by atoms with Crippen LogP contribution in [0.4, 0.5) is 5.69 Å². The van der Waals surface area contributed by atoms with Gasteiger partial charge in [-0.1, -0.05) is 18.2 Å². The molecule has 2 aliphatic heterocycles. The van der Waals surface area contributed by atoms with Crippen LogP contribution in [0.15, 0.2) is 53.4 Å². The highest BCUT2D eigenvalue weighted by Crippen LogP contribution is 2.40. The number of para-hydroxylation sites is 1. The Morgan fingerprint density at radius 3 is 2.86 bits per heavy atom. The van der Waals surface area contributed by atoms with Crippen molar-refractivity contribution >= 4 is 17.6 Å². The number of rotatable bonds is 2. The Hall–Kier alpha value is -1.65. The zero-order chi connectivity index (χ0) is 14.1. The van der Waals surface area contributed by atoms with Gasteiger partial charge in [-0.2, -0.15) is 0 Å². The van der Waals surface area contributed by atoms with E-state index < -0.39 is 0 Å². The lowest BCUT2D eigenvalue weighted by Crippen LogP contribution is -2.48. The van der Waals surface area contributed by atoms with Crippen LogP contribution in [0.3, 0.4) is 0 Å². The van der Waals surface area contributed by atoms with E-state index in [1.54, 1.807) is 11.9 Å². The third kappa shape index (κ3) is 2.61. The van der Waals surface area contributed by atoms with Gasteiger partial charge in [0, 0.05) is 11.4 Å². The zero-order valence-electron chi connectivity index (χ0n) is 11.8. The molecule has 0 radical (unpaired) electrons. The van der Waals surface area contributed by atoms with Crippen molar-refractivity contribution in [2.24, 2.45) is 0 Å². The molecule has 108 valence electrons. The SMILES string of the molecule is c1ccc(Oc2ccc3c(c2)SNC2CCCCN32)cc1. The molecule has 2 aromatic carbocycles. The van der Waals surface area contributed by atoms with Gasteiger partial charge in [-0.25, -0.2) is 4.72 Å². The van der Waals surface area contributed by atoms with Crippen LogP contribution in [-0.2, 0) is 0 Å². The molecule has 1 saturated heterocycles. The number of nitrogens with zero attached hydrogens (tertiary/aromatic N) is 1. The number of benzene rings is 2. The summed E-state index contributed by atoms with van der Waals surface area (Å²) in [4.78, 5) is 3.74. The van der Waals surface area contributed by atoms with Gasteiger partial charge in [-0.05, 0) is 61.5 Å². The molecule has 2 aliphatic rings. The van der Waals surface area contributed by atoms with Crippen LogP contribution in [0.25, 0.3) is 0 Å². The number of hydrogen-bond acceptors (Lipinski definition) is 4. The van der Waals surface area contributed by atoms with E-state index in [0.717, 1.165) is 18.0 Å². The van der Waals surface area contributed by atoms with Crippen molar-refractivity contribution in [3.8, 4) is 11.5 Å². The van der Waals surface area contributed by atoms with Crippen LogP contribution in [0.1, 0.15) is 19.3 Å². The number of anilines is 1. The van der Waals surface area contributed by atoms with Crippen LogP contribution < -0.4 is 14.4 Å². The maximum Gasteiger partial charge on any atom is 0.128 e. The molecule has 0 bridgehead atoms. The van der Waals surface area contributed by atoms with Crippen molar-refractivity contribution in [3.05, 3.63) is 48.5 Å². The maximum absolute atomic E-state index is 5.92. The molecule has 4 heteroatoms. The minimum Gasteiger partial charge on any atom is -0.457 e. The molecule has 21 heavy (non-hydrogen) atoms. The van der Waals surface area contributed by atoms with Crippen molar-refractivity contribution in [2.75, 3.05) is 11.4 Å². The molecule has 0 saturated carbocycles. The van der Waals surface area contributed by atoms with E-state index in [0.29, 0.717) is 6.17 Å². The predicted molar refractivity (Wildman–Crippen MR) is 86.9 cm³/mol. The monoisotopic (exact) mass is 298 g/mol. The van der Waals surface area contributed by atoms with Crippen molar-refractivity contribution < 1.29 is 4.74 Å². The second kappa shape index (κ2) is 5.62. The number of nitrogens with one attached hydrogen (secondary N) is 1. The fourth-order valence-electron chi connectivity index (χ4n) is 2.98. The van der Waals surface area contributed by atoms with E-state index in [1.165, 1.54) is 29.8 Å². The van der Waals surface area contributed by atoms with Gasteiger partial charge in [0.05, 0.1) is 11.9 Å². The van der Waals surface area contributed by atoms with Crippen LogP contribution in [0.5, 0.6) is 11.5 Å². The van der Waals surface area contributed by atoms with E-state index in [4.69, 9.17) is 4.74 Å². The molecule has 0 amide bonds. The van der Waals surface area contributed by atoms with Gasteiger partial charge >= 0.3 is 0 Å². The normalized spacial score (nSPS) is 20.6. The lowest BCUT2D eigenvalue weighted by atomic mass is 10.1. The smallest absolute Gasteiger partial charge is 0.128 e. The molecular formula is C17H18N2OS. The average Bonchev–Trinajstić information content (AvgIpc) is 2.55. The van der Waals surface area contributed by atoms with Crippen LogP contribution in [0, 0.1) is 0 Å². The van der Waals surface area contributed by atoms with Gasteiger partial charge in [0.25, 0.3) is 0 Å². The summed E-state index contributed by atoms with van der Waals surface area (Å²) >= 11 is 1.73. The van der Waals surface area contributed by atoms with Gasteiger partial charge < -0.3 is 9.64 Å². The van der Waals surface area contributed by atoms with Gasteiger partial charge in [0.2, 0.25) is 0 Å². The summed E-state index contributed by atoms with van der Waals surface area (Å²) in [6, 6.07) is 16.3. The Kier molecular flexibility index (Phi) is 3.49. The Balaban J connectivity index is 1.60. The minimum absolute atomic E-state index is 0.483. The molecular weight excluding hydrogens is 280 g/mol. The first-order valence-corrected chi connectivity index (χ1v) is 8.28. The number of fused-ring (bicyclic) bond motifs is 3. The molecule has 4 rings (SSSR count). The summed E-state index contributed by atoms with van der Waals surface area (Å²) in [5.74, 6) is 1.77. The Labute approximate surface area is 129 Å². The van der Waals surface area contributed by atoms with E-state index >= 15 is 0 Å². The molecule has 1 fully saturated rings. The molecule has 0 aromatic heterocycles. The van der Waals surface area contributed by atoms with Gasteiger partial charge in [-0.15, -0.1) is 0 Å². The third-order valence-electron chi connectivity index (χ3n) is 4.03. The second-order valence-electron chi connectivity index (χ2n) is 5.47. The molecule has 3 nitrogen and oxygen atoms in total. The standard InChI is InChI=1S/C17H18N2OS/c1-2-6-13(7-3-1)20-14-9-10-15-16(12-14)21-18-17-8-4-5-11-19(15)17/h1-3,6-7,9-10,12,17-18H,4-5,8,11H2. The highest BCUT2D eigenvalue weighted by molar-refractivity contribution is 7.97. The highest BCUT2D eigenvalue weighted by atomic mass is 32.2. The van der Waals surface area contributed by atoms with Crippen LogP contribution >= 0.6 is 11.9 Å². The Bertz CT molecular complexity index is 632. The number of hydrogen-bond donors (Lipinski definition) is 1. The molecule has 1 unspecified atom stereocenters. The first kappa shape index (κ1) is 13.0. The largest absolute Gasteiger partial charge is 0.457 e.